The average molecular weight is 219 g/mol. The Morgan fingerprint density at radius 1 is 1.45 bits per heavy atom. The highest BCUT2D eigenvalue weighted by Crippen LogP contribution is 2.22. The van der Waals surface area contributed by atoms with Crippen LogP contribution in [-0.4, -0.2) is 11.8 Å². The Balaban J connectivity index is 2.93. The van der Waals surface area contributed by atoms with E-state index < -0.39 is 12.8 Å². The highest BCUT2D eigenvalue weighted by molar-refractivity contribution is 9.10. The lowest BCUT2D eigenvalue weighted by atomic mass is 10.1. The summed E-state index contributed by atoms with van der Waals surface area (Å²) in [6.07, 6.45) is -1.01. The fraction of sp³-hybridized carbons (Fsp3) is 0.250. The Morgan fingerprint density at radius 3 is 2.64 bits per heavy atom. The summed E-state index contributed by atoms with van der Waals surface area (Å²) in [6.45, 7) is -0.747. The van der Waals surface area contributed by atoms with Gasteiger partial charge in [-0.05, 0) is 11.6 Å². The van der Waals surface area contributed by atoms with Gasteiger partial charge in [0, 0.05) is 4.47 Å². The van der Waals surface area contributed by atoms with Crippen molar-refractivity contribution in [2.75, 3.05) is 6.67 Å². The van der Waals surface area contributed by atoms with E-state index in [-0.39, 0.29) is 0 Å². The third-order valence-electron chi connectivity index (χ3n) is 1.41. The molecule has 0 saturated carbocycles. The van der Waals surface area contributed by atoms with E-state index in [0.717, 1.165) is 4.47 Å². The fourth-order valence-electron chi connectivity index (χ4n) is 0.828. The number of aliphatic hydroxyl groups is 1. The van der Waals surface area contributed by atoms with E-state index in [4.69, 9.17) is 5.11 Å². The lowest BCUT2D eigenvalue weighted by Gasteiger charge is -2.07. The van der Waals surface area contributed by atoms with Crippen LogP contribution in [0.3, 0.4) is 0 Å². The van der Waals surface area contributed by atoms with Crippen LogP contribution in [0.5, 0.6) is 0 Å². The first-order valence-corrected chi connectivity index (χ1v) is 4.03. The zero-order chi connectivity index (χ0) is 8.27. The third-order valence-corrected chi connectivity index (χ3v) is 2.13. The molecule has 1 rings (SSSR count). The number of hydrogen-bond donors (Lipinski definition) is 1. The molecule has 0 aliphatic rings. The number of hydrogen-bond acceptors (Lipinski definition) is 1. The average Bonchev–Trinajstić information content (AvgIpc) is 2.04. The van der Waals surface area contributed by atoms with Gasteiger partial charge >= 0.3 is 0 Å². The highest BCUT2D eigenvalue weighted by atomic mass is 79.9. The van der Waals surface area contributed by atoms with Crippen molar-refractivity contribution in [3.05, 3.63) is 34.3 Å². The van der Waals surface area contributed by atoms with Gasteiger partial charge in [0.05, 0.1) is 0 Å². The van der Waals surface area contributed by atoms with Gasteiger partial charge in [-0.25, -0.2) is 4.39 Å². The summed E-state index contributed by atoms with van der Waals surface area (Å²) in [6, 6.07) is 7.04. The molecular weight excluding hydrogens is 211 g/mol. The molecule has 11 heavy (non-hydrogen) atoms. The lowest BCUT2D eigenvalue weighted by Crippen LogP contribution is -1.99. The van der Waals surface area contributed by atoms with E-state index >= 15 is 0 Å². The molecular formula is C8H8BrFO. The highest BCUT2D eigenvalue weighted by Gasteiger charge is 2.08. The van der Waals surface area contributed by atoms with Crippen LogP contribution in [-0.2, 0) is 0 Å². The van der Waals surface area contributed by atoms with E-state index in [1.54, 1.807) is 18.2 Å². The molecule has 0 spiro atoms. The van der Waals surface area contributed by atoms with Gasteiger partial charge in [-0.3, -0.25) is 0 Å². The van der Waals surface area contributed by atoms with Crippen LogP contribution in [0.4, 0.5) is 4.39 Å². The zero-order valence-electron chi connectivity index (χ0n) is 5.80. The minimum absolute atomic E-state index is 0.593. The number of alkyl halides is 1. The van der Waals surface area contributed by atoms with Gasteiger partial charge in [0.15, 0.2) is 0 Å². The second-order valence-corrected chi connectivity index (χ2v) is 3.05. The molecule has 1 unspecified atom stereocenters. The van der Waals surface area contributed by atoms with Gasteiger partial charge in [-0.15, -0.1) is 0 Å². The minimum atomic E-state index is -1.01. The molecule has 1 aromatic rings. The van der Waals surface area contributed by atoms with Gasteiger partial charge in [0.25, 0.3) is 0 Å². The maximum atomic E-state index is 12.0. The Morgan fingerprint density at radius 2 is 2.09 bits per heavy atom. The van der Waals surface area contributed by atoms with Crippen LogP contribution in [0.25, 0.3) is 0 Å². The first kappa shape index (κ1) is 8.68. The van der Waals surface area contributed by atoms with Gasteiger partial charge in [0.2, 0.25) is 0 Å². The number of benzene rings is 1. The Labute approximate surface area is 73.0 Å². The van der Waals surface area contributed by atoms with Crippen LogP contribution in [0, 0.1) is 0 Å². The van der Waals surface area contributed by atoms with Crippen LogP contribution in [0.1, 0.15) is 11.7 Å². The smallest absolute Gasteiger partial charge is 0.120 e. The van der Waals surface area contributed by atoms with Gasteiger partial charge in [0.1, 0.15) is 12.8 Å². The summed E-state index contributed by atoms with van der Waals surface area (Å²) in [5.74, 6) is 0. The second-order valence-electron chi connectivity index (χ2n) is 2.19. The molecule has 60 valence electrons. The summed E-state index contributed by atoms with van der Waals surface area (Å²) in [7, 11) is 0. The quantitative estimate of drug-likeness (QED) is 0.809. The topological polar surface area (TPSA) is 20.2 Å². The molecule has 0 saturated heterocycles. The number of halogens is 2. The third kappa shape index (κ3) is 2.01. The minimum Gasteiger partial charge on any atom is -0.386 e. The van der Waals surface area contributed by atoms with Crippen LogP contribution in [0.2, 0.25) is 0 Å². The van der Waals surface area contributed by atoms with Gasteiger partial charge in [-0.2, -0.15) is 0 Å². The molecule has 0 amide bonds. The van der Waals surface area contributed by atoms with Crippen molar-refractivity contribution in [2.24, 2.45) is 0 Å². The molecule has 1 N–H and O–H groups in total. The van der Waals surface area contributed by atoms with E-state index in [9.17, 15) is 4.39 Å². The standard InChI is InChI=1S/C8H8BrFO/c9-7-4-2-1-3-6(7)8(11)5-10/h1-4,8,11H,5H2. The first-order chi connectivity index (χ1) is 5.25. The predicted molar refractivity (Wildman–Crippen MR) is 45.1 cm³/mol. The second kappa shape index (κ2) is 3.83. The van der Waals surface area contributed by atoms with Crippen molar-refractivity contribution in [2.45, 2.75) is 6.10 Å². The summed E-state index contributed by atoms with van der Waals surface area (Å²) in [5, 5.41) is 9.11. The maximum Gasteiger partial charge on any atom is 0.120 e. The monoisotopic (exact) mass is 218 g/mol. The predicted octanol–water partition coefficient (Wildman–Crippen LogP) is 2.45. The van der Waals surface area contributed by atoms with Crippen LogP contribution >= 0.6 is 15.9 Å². The van der Waals surface area contributed by atoms with E-state index in [2.05, 4.69) is 15.9 Å². The molecule has 0 fully saturated rings. The fourth-order valence-corrected chi connectivity index (χ4v) is 1.38. The molecule has 3 heteroatoms. The van der Waals surface area contributed by atoms with Crippen molar-refractivity contribution in [3.8, 4) is 0 Å². The maximum absolute atomic E-state index is 12.0. The van der Waals surface area contributed by atoms with Crippen molar-refractivity contribution < 1.29 is 9.50 Å². The van der Waals surface area contributed by atoms with Gasteiger partial charge < -0.3 is 5.11 Å². The Kier molecular flexibility index (Phi) is 3.02. The normalized spacial score (nSPS) is 13.0. The summed E-state index contributed by atoms with van der Waals surface area (Å²) >= 11 is 3.21. The van der Waals surface area contributed by atoms with Crippen molar-refractivity contribution in [3.63, 3.8) is 0 Å². The van der Waals surface area contributed by atoms with Crippen molar-refractivity contribution >= 4 is 15.9 Å². The first-order valence-electron chi connectivity index (χ1n) is 3.24. The van der Waals surface area contributed by atoms with Crippen molar-refractivity contribution in [1.82, 2.24) is 0 Å². The largest absolute Gasteiger partial charge is 0.386 e. The SMILES string of the molecule is OC(CF)c1ccccc1Br. The van der Waals surface area contributed by atoms with Gasteiger partial charge in [-0.1, -0.05) is 34.1 Å². The van der Waals surface area contributed by atoms with E-state index in [1.165, 1.54) is 0 Å². The van der Waals surface area contributed by atoms with Crippen molar-refractivity contribution in [1.29, 1.82) is 0 Å². The molecule has 1 atom stereocenters. The molecule has 0 heterocycles. The van der Waals surface area contributed by atoms with Crippen LogP contribution < -0.4 is 0 Å². The number of aliphatic hydroxyl groups excluding tert-OH is 1. The molecule has 0 aliphatic heterocycles. The summed E-state index contributed by atoms with van der Waals surface area (Å²) in [4.78, 5) is 0. The molecule has 0 radical (unpaired) electrons. The Hall–Kier alpha value is -0.410. The lowest BCUT2D eigenvalue weighted by molar-refractivity contribution is 0.141. The molecule has 0 bridgehead atoms. The summed E-state index contributed by atoms with van der Waals surface area (Å²) < 4.78 is 12.7. The number of rotatable bonds is 2. The molecule has 0 aromatic heterocycles. The molecule has 1 nitrogen and oxygen atoms in total. The Bertz CT molecular complexity index is 239. The van der Waals surface area contributed by atoms with E-state index in [1.807, 2.05) is 6.07 Å². The molecule has 1 aromatic carbocycles. The zero-order valence-corrected chi connectivity index (χ0v) is 7.38. The summed E-state index contributed by atoms with van der Waals surface area (Å²) in [5.41, 5.74) is 0.593. The van der Waals surface area contributed by atoms with Crippen LogP contribution in [0.15, 0.2) is 28.7 Å². The van der Waals surface area contributed by atoms with E-state index in [0.29, 0.717) is 5.56 Å². The molecule has 0 aliphatic carbocycles.